The Morgan fingerprint density at radius 1 is 1.30 bits per heavy atom. The number of nitrogens with zero attached hydrogens (tertiary/aromatic N) is 3. The summed E-state index contributed by atoms with van der Waals surface area (Å²) in [7, 11) is 0. The third kappa shape index (κ3) is 4.09. The van der Waals surface area contributed by atoms with Gasteiger partial charge >= 0.3 is 0 Å². The van der Waals surface area contributed by atoms with Gasteiger partial charge in [0.1, 0.15) is 6.67 Å². The Kier molecular flexibility index (Phi) is 5.41. The van der Waals surface area contributed by atoms with Crippen molar-refractivity contribution in [2.45, 2.75) is 19.8 Å². The average Bonchev–Trinajstić information content (AvgIpc) is 3.06. The van der Waals surface area contributed by atoms with E-state index in [2.05, 4.69) is 0 Å². The van der Waals surface area contributed by atoms with Crippen LogP contribution in [0.2, 0.25) is 5.02 Å². The van der Waals surface area contributed by atoms with Crippen LogP contribution < -0.4 is 4.90 Å². The lowest BCUT2D eigenvalue weighted by molar-refractivity contribution is -0.384. The SMILES string of the molecule is Cc1ccc(N(CN2CCCC2=O)C(=O)c2cccc([N+](=O)[O-])c2)cc1Cl. The fourth-order valence-electron chi connectivity index (χ4n) is 2.95. The van der Waals surface area contributed by atoms with Gasteiger partial charge in [-0.25, -0.2) is 0 Å². The lowest BCUT2D eigenvalue weighted by Gasteiger charge is -2.28. The van der Waals surface area contributed by atoms with Gasteiger partial charge in [-0.2, -0.15) is 0 Å². The zero-order chi connectivity index (χ0) is 19.6. The molecule has 0 radical (unpaired) electrons. The summed E-state index contributed by atoms with van der Waals surface area (Å²) >= 11 is 6.21. The summed E-state index contributed by atoms with van der Waals surface area (Å²) in [6.07, 6.45) is 1.19. The Balaban J connectivity index is 1.98. The van der Waals surface area contributed by atoms with Crippen molar-refractivity contribution in [3.8, 4) is 0 Å². The van der Waals surface area contributed by atoms with Crippen LogP contribution in [0.5, 0.6) is 0 Å². The molecule has 2 amide bonds. The topological polar surface area (TPSA) is 83.8 Å². The minimum Gasteiger partial charge on any atom is -0.324 e. The van der Waals surface area contributed by atoms with Crippen LogP contribution in [0.15, 0.2) is 42.5 Å². The van der Waals surface area contributed by atoms with Crippen molar-refractivity contribution >= 4 is 34.8 Å². The van der Waals surface area contributed by atoms with Crippen molar-refractivity contribution in [1.29, 1.82) is 0 Å². The number of nitro groups is 1. The maximum atomic E-state index is 13.1. The van der Waals surface area contributed by atoms with Crippen LogP contribution in [0.4, 0.5) is 11.4 Å². The number of likely N-dealkylation sites (tertiary alicyclic amines) is 1. The van der Waals surface area contributed by atoms with Gasteiger partial charge in [0, 0.05) is 41.4 Å². The van der Waals surface area contributed by atoms with Crippen LogP contribution >= 0.6 is 11.6 Å². The first kappa shape index (κ1) is 18.8. The maximum absolute atomic E-state index is 13.1. The Hall–Kier alpha value is -2.93. The first-order valence-electron chi connectivity index (χ1n) is 8.47. The van der Waals surface area contributed by atoms with Gasteiger partial charge in [-0.15, -0.1) is 0 Å². The Morgan fingerprint density at radius 2 is 2.07 bits per heavy atom. The number of nitro benzene ring substituents is 1. The molecule has 0 aromatic heterocycles. The summed E-state index contributed by atoms with van der Waals surface area (Å²) in [5, 5.41) is 11.5. The molecule has 0 N–H and O–H groups in total. The van der Waals surface area contributed by atoms with E-state index in [0.29, 0.717) is 23.7 Å². The number of hydrogen-bond donors (Lipinski definition) is 0. The van der Waals surface area contributed by atoms with Gasteiger partial charge in [0.2, 0.25) is 5.91 Å². The molecule has 8 heteroatoms. The molecule has 2 aromatic rings. The van der Waals surface area contributed by atoms with E-state index < -0.39 is 10.8 Å². The third-order valence-electron chi connectivity index (χ3n) is 4.50. The first-order chi connectivity index (χ1) is 12.9. The van der Waals surface area contributed by atoms with Crippen molar-refractivity contribution < 1.29 is 14.5 Å². The standard InChI is InChI=1S/C19H18ClN3O4/c1-13-7-8-15(11-17(13)20)22(12-21-9-3-6-18(21)24)19(25)14-4-2-5-16(10-14)23(26)27/h2,4-5,7-8,10-11H,3,6,9,12H2,1H3. The number of amides is 2. The summed E-state index contributed by atoms with van der Waals surface area (Å²) in [5.41, 5.74) is 1.40. The number of non-ortho nitro benzene ring substituents is 1. The molecule has 1 heterocycles. The van der Waals surface area contributed by atoms with Crippen molar-refractivity contribution in [3.05, 3.63) is 68.7 Å². The van der Waals surface area contributed by atoms with Gasteiger partial charge in [0.15, 0.2) is 0 Å². The van der Waals surface area contributed by atoms with E-state index in [4.69, 9.17) is 11.6 Å². The average molecular weight is 388 g/mol. The minimum atomic E-state index is -0.548. The molecule has 3 rings (SSSR count). The smallest absolute Gasteiger partial charge is 0.270 e. The van der Waals surface area contributed by atoms with E-state index in [0.717, 1.165) is 12.0 Å². The van der Waals surface area contributed by atoms with Crippen LogP contribution in [-0.2, 0) is 4.79 Å². The lowest BCUT2D eigenvalue weighted by atomic mass is 10.1. The molecule has 1 fully saturated rings. The molecule has 2 aromatic carbocycles. The number of aryl methyl sites for hydroxylation is 1. The molecular formula is C19H18ClN3O4. The second-order valence-corrected chi connectivity index (χ2v) is 6.78. The zero-order valence-corrected chi connectivity index (χ0v) is 15.5. The van der Waals surface area contributed by atoms with Gasteiger partial charge in [0.05, 0.1) is 4.92 Å². The number of hydrogen-bond acceptors (Lipinski definition) is 4. The molecule has 7 nitrogen and oxygen atoms in total. The van der Waals surface area contributed by atoms with E-state index in [9.17, 15) is 19.7 Å². The normalized spacial score (nSPS) is 13.7. The van der Waals surface area contributed by atoms with E-state index in [1.165, 1.54) is 29.2 Å². The van der Waals surface area contributed by atoms with Gasteiger partial charge in [0.25, 0.3) is 11.6 Å². The van der Waals surface area contributed by atoms with Crippen LogP contribution in [0.1, 0.15) is 28.8 Å². The number of carbonyl (C=O) groups excluding carboxylic acids is 2. The van der Waals surface area contributed by atoms with Gasteiger partial charge in [-0.1, -0.05) is 23.7 Å². The highest BCUT2D eigenvalue weighted by atomic mass is 35.5. The minimum absolute atomic E-state index is 0.0231. The second kappa shape index (κ2) is 7.75. The highest BCUT2D eigenvalue weighted by molar-refractivity contribution is 6.31. The van der Waals surface area contributed by atoms with Crippen LogP contribution in [0, 0.1) is 17.0 Å². The Bertz CT molecular complexity index is 916. The summed E-state index contributed by atoms with van der Waals surface area (Å²) in [6, 6.07) is 10.7. The second-order valence-electron chi connectivity index (χ2n) is 6.38. The van der Waals surface area contributed by atoms with E-state index in [-0.39, 0.29) is 23.8 Å². The summed E-state index contributed by atoms with van der Waals surface area (Å²) in [6.45, 7) is 2.49. The first-order valence-corrected chi connectivity index (χ1v) is 8.85. The molecule has 0 spiro atoms. The summed E-state index contributed by atoms with van der Waals surface area (Å²) < 4.78 is 0. The largest absolute Gasteiger partial charge is 0.324 e. The van der Waals surface area contributed by atoms with E-state index in [1.807, 2.05) is 6.92 Å². The van der Waals surface area contributed by atoms with E-state index in [1.54, 1.807) is 23.1 Å². The van der Waals surface area contributed by atoms with Crippen LogP contribution in [-0.4, -0.2) is 34.9 Å². The fourth-order valence-corrected chi connectivity index (χ4v) is 3.12. The number of rotatable bonds is 5. The zero-order valence-electron chi connectivity index (χ0n) is 14.7. The van der Waals surface area contributed by atoms with E-state index >= 15 is 0 Å². The molecule has 1 aliphatic heterocycles. The molecule has 0 atom stereocenters. The van der Waals surface area contributed by atoms with Crippen molar-refractivity contribution in [2.24, 2.45) is 0 Å². The molecule has 1 saturated heterocycles. The fraction of sp³-hybridized carbons (Fsp3) is 0.263. The Morgan fingerprint density at radius 3 is 2.70 bits per heavy atom. The predicted molar refractivity (Wildman–Crippen MR) is 102 cm³/mol. The lowest BCUT2D eigenvalue weighted by Crippen LogP contribution is -2.42. The number of benzene rings is 2. The maximum Gasteiger partial charge on any atom is 0.270 e. The van der Waals surface area contributed by atoms with Crippen LogP contribution in [0.25, 0.3) is 0 Å². The third-order valence-corrected chi connectivity index (χ3v) is 4.91. The number of halogens is 1. The van der Waals surface area contributed by atoms with Gasteiger partial charge < -0.3 is 4.90 Å². The summed E-state index contributed by atoms with van der Waals surface area (Å²) in [5.74, 6) is -0.455. The predicted octanol–water partition coefficient (Wildman–Crippen LogP) is 3.78. The van der Waals surface area contributed by atoms with Crippen molar-refractivity contribution in [2.75, 3.05) is 18.1 Å². The number of anilines is 1. The molecule has 0 unspecified atom stereocenters. The van der Waals surface area contributed by atoms with Crippen LogP contribution in [0.3, 0.4) is 0 Å². The molecule has 0 bridgehead atoms. The molecule has 0 aliphatic carbocycles. The molecule has 27 heavy (non-hydrogen) atoms. The molecule has 1 aliphatic rings. The molecule has 0 saturated carbocycles. The van der Waals surface area contributed by atoms with Crippen molar-refractivity contribution in [1.82, 2.24) is 4.90 Å². The molecular weight excluding hydrogens is 370 g/mol. The molecule has 140 valence electrons. The highest BCUT2D eigenvalue weighted by Crippen LogP contribution is 2.26. The summed E-state index contributed by atoms with van der Waals surface area (Å²) in [4.78, 5) is 38.7. The Labute approximate surface area is 161 Å². The number of carbonyl (C=O) groups is 2. The monoisotopic (exact) mass is 387 g/mol. The quantitative estimate of drug-likeness (QED) is 0.577. The van der Waals surface area contributed by atoms with Crippen molar-refractivity contribution in [3.63, 3.8) is 0 Å². The highest BCUT2D eigenvalue weighted by Gasteiger charge is 2.27. The van der Waals surface area contributed by atoms with Gasteiger partial charge in [-0.3, -0.25) is 24.6 Å². The van der Waals surface area contributed by atoms with Gasteiger partial charge in [-0.05, 0) is 37.1 Å².